The Hall–Kier alpha value is -1.27. The number of nitrogen functional groups attached to an aromatic ring is 1. The maximum absolute atomic E-state index is 11.9. The number of nitrogens with one attached hydrogen (secondary N) is 1. The third kappa shape index (κ3) is 3.43. The number of sulfonamides is 1. The van der Waals surface area contributed by atoms with Crippen LogP contribution in [0.5, 0.6) is 0 Å². The molecular weight excluding hydrogens is 274 g/mol. The number of rotatable bonds is 4. The lowest BCUT2D eigenvalue weighted by atomic mass is 9.87. The smallest absolute Gasteiger partial charge is 0.240 e. The fourth-order valence-electron chi connectivity index (χ4n) is 1.90. The second-order valence-corrected chi connectivity index (χ2v) is 7.97. The zero-order valence-corrected chi connectivity index (χ0v) is 13.9. The van der Waals surface area contributed by atoms with Gasteiger partial charge in [-0.15, -0.1) is 0 Å². The molecule has 20 heavy (non-hydrogen) atoms. The van der Waals surface area contributed by atoms with E-state index >= 15 is 0 Å². The molecule has 1 rings (SSSR count). The molecule has 1 atom stereocenters. The first kappa shape index (κ1) is 16.8. The number of benzene rings is 1. The fourth-order valence-corrected chi connectivity index (χ4v) is 2.65. The highest BCUT2D eigenvalue weighted by molar-refractivity contribution is 7.89. The van der Waals surface area contributed by atoms with Gasteiger partial charge in [0.25, 0.3) is 0 Å². The largest absolute Gasteiger partial charge is 0.397 e. The molecule has 0 aliphatic heterocycles. The summed E-state index contributed by atoms with van der Waals surface area (Å²) in [5.41, 5.74) is 7.35. The van der Waals surface area contributed by atoms with Gasteiger partial charge in [0.2, 0.25) is 10.0 Å². The predicted molar refractivity (Wildman–Crippen MR) is 84.4 cm³/mol. The van der Waals surface area contributed by atoms with Gasteiger partial charge in [0.15, 0.2) is 0 Å². The Balaban J connectivity index is 3.29. The van der Waals surface area contributed by atoms with Gasteiger partial charge in [-0.2, -0.15) is 0 Å². The highest BCUT2D eigenvalue weighted by Gasteiger charge is 2.26. The third-order valence-electron chi connectivity index (χ3n) is 3.80. The number of anilines is 2. The normalized spacial score (nSPS) is 14.1. The van der Waals surface area contributed by atoms with E-state index in [1.54, 1.807) is 12.1 Å². The summed E-state index contributed by atoms with van der Waals surface area (Å²) in [6, 6.07) is 4.96. The average molecular weight is 299 g/mol. The molecular formula is C14H25N3O2S. The van der Waals surface area contributed by atoms with Crippen molar-refractivity contribution in [2.75, 3.05) is 24.7 Å². The van der Waals surface area contributed by atoms with Gasteiger partial charge in [0, 0.05) is 13.1 Å². The minimum atomic E-state index is -3.46. The molecule has 0 radical (unpaired) electrons. The first-order chi connectivity index (χ1) is 9.00. The molecule has 0 amide bonds. The van der Waals surface area contributed by atoms with Gasteiger partial charge >= 0.3 is 0 Å². The highest BCUT2D eigenvalue weighted by Crippen LogP contribution is 2.32. The Morgan fingerprint density at radius 3 is 2.30 bits per heavy atom. The molecule has 1 unspecified atom stereocenters. The Bertz CT molecular complexity index is 577. The zero-order chi connectivity index (χ0) is 15.7. The molecule has 0 fully saturated rings. The average Bonchev–Trinajstić information content (AvgIpc) is 2.36. The molecule has 0 saturated carbocycles. The van der Waals surface area contributed by atoms with E-state index < -0.39 is 10.0 Å². The van der Waals surface area contributed by atoms with Gasteiger partial charge in [-0.3, -0.25) is 0 Å². The van der Waals surface area contributed by atoms with Crippen LogP contribution in [0.25, 0.3) is 0 Å². The van der Waals surface area contributed by atoms with Crippen LogP contribution in [0.1, 0.15) is 27.7 Å². The standard InChI is InChI=1S/C14H25N3O2S/c1-10(14(2,3)4)17(6)13-9-11(7-8-12(13)15)20(18,19)16-5/h7-10,16H,15H2,1-6H3. The van der Waals surface area contributed by atoms with Crippen LogP contribution in [0.15, 0.2) is 23.1 Å². The number of hydrogen-bond donors (Lipinski definition) is 2. The Morgan fingerprint density at radius 1 is 1.30 bits per heavy atom. The SMILES string of the molecule is CNS(=O)(=O)c1ccc(N)c(N(C)C(C)C(C)(C)C)c1. The van der Waals surface area contributed by atoms with E-state index in [1.165, 1.54) is 13.1 Å². The van der Waals surface area contributed by atoms with Gasteiger partial charge in [-0.05, 0) is 37.6 Å². The molecule has 5 nitrogen and oxygen atoms in total. The molecule has 6 heteroatoms. The Kier molecular flexibility index (Phi) is 4.71. The van der Waals surface area contributed by atoms with Gasteiger partial charge in [0.1, 0.15) is 0 Å². The molecule has 0 bridgehead atoms. The van der Waals surface area contributed by atoms with Crippen LogP contribution >= 0.6 is 0 Å². The van der Waals surface area contributed by atoms with Crippen molar-refractivity contribution in [1.29, 1.82) is 0 Å². The van der Waals surface area contributed by atoms with Crippen LogP contribution in [0.2, 0.25) is 0 Å². The molecule has 0 aromatic heterocycles. The van der Waals surface area contributed by atoms with Crippen LogP contribution in [0.4, 0.5) is 11.4 Å². The van der Waals surface area contributed by atoms with E-state index in [0.717, 1.165) is 5.69 Å². The van der Waals surface area contributed by atoms with Crippen molar-refractivity contribution in [3.8, 4) is 0 Å². The zero-order valence-electron chi connectivity index (χ0n) is 13.1. The lowest BCUT2D eigenvalue weighted by Crippen LogP contribution is -2.39. The molecule has 1 aromatic rings. The van der Waals surface area contributed by atoms with Crippen LogP contribution in [0, 0.1) is 5.41 Å². The summed E-state index contributed by atoms with van der Waals surface area (Å²) >= 11 is 0. The first-order valence-corrected chi connectivity index (χ1v) is 8.05. The van der Waals surface area contributed by atoms with Crippen molar-refractivity contribution in [1.82, 2.24) is 4.72 Å². The van der Waals surface area contributed by atoms with Crippen molar-refractivity contribution in [3.05, 3.63) is 18.2 Å². The lowest BCUT2D eigenvalue weighted by molar-refractivity contribution is 0.330. The van der Waals surface area contributed by atoms with Gasteiger partial charge in [-0.25, -0.2) is 13.1 Å². The van der Waals surface area contributed by atoms with Gasteiger partial charge in [-0.1, -0.05) is 20.8 Å². The van der Waals surface area contributed by atoms with Crippen molar-refractivity contribution in [2.24, 2.45) is 5.41 Å². The van der Waals surface area contributed by atoms with Crippen molar-refractivity contribution in [2.45, 2.75) is 38.6 Å². The van der Waals surface area contributed by atoms with Crippen molar-refractivity contribution in [3.63, 3.8) is 0 Å². The summed E-state index contributed by atoms with van der Waals surface area (Å²) < 4.78 is 26.1. The molecule has 0 spiro atoms. The molecule has 3 N–H and O–H groups in total. The number of hydrogen-bond acceptors (Lipinski definition) is 4. The van der Waals surface area contributed by atoms with E-state index in [9.17, 15) is 8.42 Å². The molecule has 0 heterocycles. The maximum atomic E-state index is 11.9. The predicted octanol–water partition coefficient (Wildman–Crippen LogP) is 2.05. The van der Waals surface area contributed by atoms with Crippen LogP contribution in [0.3, 0.4) is 0 Å². The second-order valence-electron chi connectivity index (χ2n) is 6.08. The summed E-state index contributed by atoms with van der Waals surface area (Å²) in [5, 5.41) is 0. The maximum Gasteiger partial charge on any atom is 0.240 e. The Morgan fingerprint density at radius 2 is 1.85 bits per heavy atom. The van der Waals surface area contributed by atoms with Crippen LogP contribution in [-0.2, 0) is 10.0 Å². The third-order valence-corrected chi connectivity index (χ3v) is 5.21. The summed E-state index contributed by atoms with van der Waals surface area (Å²) in [5.74, 6) is 0. The van der Waals surface area contributed by atoms with Crippen molar-refractivity contribution >= 4 is 21.4 Å². The fraction of sp³-hybridized carbons (Fsp3) is 0.571. The summed E-state index contributed by atoms with van der Waals surface area (Å²) in [6.07, 6.45) is 0. The summed E-state index contributed by atoms with van der Waals surface area (Å²) in [6.45, 7) is 8.51. The molecule has 0 saturated heterocycles. The van der Waals surface area contributed by atoms with Gasteiger partial charge < -0.3 is 10.6 Å². The van der Waals surface area contributed by atoms with Crippen LogP contribution in [-0.4, -0.2) is 28.6 Å². The van der Waals surface area contributed by atoms with Gasteiger partial charge in [0.05, 0.1) is 16.3 Å². The number of nitrogens with zero attached hydrogens (tertiary/aromatic N) is 1. The summed E-state index contributed by atoms with van der Waals surface area (Å²) in [7, 11) is -0.141. The van der Waals surface area contributed by atoms with E-state index in [-0.39, 0.29) is 16.4 Å². The first-order valence-electron chi connectivity index (χ1n) is 6.56. The molecule has 0 aliphatic rings. The quantitative estimate of drug-likeness (QED) is 0.834. The Labute approximate surface area is 122 Å². The van der Waals surface area contributed by atoms with E-state index in [0.29, 0.717) is 5.69 Å². The van der Waals surface area contributed by atoms with E-state index in [1.807, 2.05) is 11.9 Å². The van der Waals surface area contributed by atoms with Crippen molar-refractivity contribution < 1.29 is 8.42 Å². The highest BCUT2D eigenvalue weighted by atomic mass is 32.2. The lowest BCUT2D eigenvalue weighted by Gasteiger charge is -2.37. The van der Waals surface area contributed by atoms with Crippen LogP contribution < -0.4 is 15.4 Å². The molecule has 114 valence electrons. The molecule has 0 aliphatic carbocycles. The second kappa shape index (κ2) is 5.61. The van der Waals surface area contributed by atoms with E-state index in [4.69, 9.17) is 5.73 Å². The minimum absolute atomic E-state index is 0.0546. The number of nitrogens with two attached hydrogens (primary N) is 1. The van der Waals surface area contributed by atoms with E-state index in [2.05, 4.69) is 32.4 Å². The minimum Gasteiger partial charge on any atom is -0.397 e. The monoisotopic (exact) mass is 299 g/mol. The topological polar surface area (TPSA) is 75.4 Å². The molecule has 1 aromatic carbocycles. The summed E-state index contributed by atoms with van der Waals surface area (Å²) in [4.78, 5) is 2.24.